The van der Waals surface area contributed by atoms with Crippen molar-refractivity contribution in [3.63, 3.8) is 0 Å². The van der Waals surface area contributed by atoms with E-state index in [0.717, 1.165) is 11.1 Å². The Labute approximate surface area is 127 Å². The third-order valence-electron chi connectivity index (χ3n) is 2.94. The number of ether oxygens (including phenoxy) is 1. The minimum atomic E-state index is -0.524. The lowest BCUT2D eigenvalue weighted by Crippen LogP contribution is -2.07. The monoisotopic (exact) mass is 304 g/mol. The summed E-state index contributed by atoms with van der Waals surface area (Å²) in [5, 5.41) is 12.5. The quantitative estimate of drug-likeness (QED) is 0.917. The van der Waals surface area contributed by atoms with Gasteiger partial charge < -0.3 is 10.1 Å². The highest BCUT2D eigenvalue weighted by molar-refractivity contribution is 6.30. The van der Waals surface area contributed by atoms with E-state index in [-0.39, 0.29) is 12.2 Å². The summed E-state index contributed by atoms with van der Waals surface area (Å²) in [4.78, 5) is 0. The molecule has 0 radical (unpaired) electrons. The number of rotatable bonds is 5. The molecule has 2 rings (SSSR count). The smallest absolute Gasteiger partial charge is 0.140 e. The van der Waals surface area contributed by atoms with Gasteiger partial charge in [0.25, 0.3) is 0 Å². The largest absolute Gasteiger partial charge is 0.489 e. The number of hydrogen-bond donors (Lipinski definition) is 1. The fourth-order valence-electron chi connectivity index (χ4n) is 1.93. The molecule has 0 atom stereocenters. The van der Waals surface area contributed by atoms with Crippen LogP contribution in [0, 0.1) is 17.1 Å². The Morgan fingerprint density at radius 1 is 1.29 bits per heavy atom. The van der Waals surface area contributed by atoms with Gasteiger partial charge in [-0.3, -0.25) is 0 Å². The van der Waals surface area contributed by atoms with E-state index in [4.69, 9.17) is 21.6 Å². The maximum absolute atomic E-state index is 13.3. The Kier molecular flexibility index (Phi) is 5.15. The molecule has 2 aromatic carbocycles. The van der Waals surface area contributed by atoms with E-state index in [1.807, 2.05) is 19.2 Å². The molecule has 0 aliphatic carbocycles. The predicted molar refractivity (Wildman–Crippen MR) is 79.7 cm³/mol. The molecule has 21 heavy (non-hydrogen) atoms. The van der Waals surface area contributed by atoms with Gasteiger partial charge in [0.1, 0.15) is 24.2 Å². The highest BCUT2D eigenvalue weighted by atomic mass is 35.5. The summed E-state index contributed by atoms with van der Waals surface area (Å²) >= 11 is 5.97. The zero-order valence-electron chi connectivity index (χ0n) is 11.5. The molecule has 0 saturated carbocycles. The second-order valence-electron chi connectivity index (χ2n) is 4.50. The predicted octanol–water partition coefficient (Wildman–Crippen LogP) is 3.65. The van der Waals surface area contributed by atoms with Crippen LogP contribution in [-0.4, -0.2) is 7.05 Å². The average Bonchev–Trinajstić information content (AvgIpc) is 2.48. The van der Waals surface area contributed by atoms with Crippen LogP contribution >= 0.6 is 11.6 Å². The van der Waals surface area contributed by atoms with Crippen molar-refractivity contribution < 1.29 is 9.13 Å². The van der Waals surface area contributed by atoms with Crippen molar-refractivity contribution in [3.8, 4) is 11.8 Å². The molecule has 0 saturated heterocycles. The van der Waals surface area contributed by atoms with Crippen molar-refractivity contribution in [1.82, 2.24) is 5.32 Å². The van der Waals surface area contributed by atoms with E-state index >= 15 is 0 Å². The van der Waals surface area contributed by atoms with Gasteiger partial charge in [-0.05, 0) is 42.9 Å². The van der Waals surface area contributed by atoms with Crippen molar-refractivity contribution in [3.05, 3.63) is 63.9 Å². The molecule has 3 nitrogen and oxygen atoms in total. The van der Waals surface area contributed by atoms with Crippen LogP contribution < -0.4 is 10.1 Å². The molecule has 5 heteroatoms. The Hall–Kier alpha value is -2.09. The number of benzene rings is 2. The molecule has 1 N–H and O–H groups in total. The molecule has 0 bridgehead atoms. The highest BCUT2D eigenvalue weighted by Gasteiger charge is 2.07. The molecular formula is C16H14ClFN2O. The van der Waals surface area contributed by atoms with Crippen LogP contribution in [-0.2, 0) is 13.2 Å². The molecule has 108 valence electrons. The van der Waals surface area contributed by atoms with Crippen LogP contribution in [0.15, 0.2) is 36.4 Å². The topological polar surface area (TPSA) is 45.0 Å². The Morgan fingerprint density at radius 2 is 2.10 bits per heavy atom. The molecule has 0 heterocycles. The zero-order chi connectivity index (χ0) is 15.2. The van der Waals surface area contributed by atoms with Gasteiger partial charge in [0, 0.05) is 17.1 Å². The van der Waals surface area contributed by atoms with E-state index in [0.29, 0.717) is 17.3 Å². The molecule has 2 aromatic rings. The molecule has 0 amide bonds. The molecule has 0 aliphatic rings. The molecule has 0 fully saturated rings. The van der Waals surface area contributed by atoms with Gasteiger partial charge in [-0.1, -0.05) is 17.7 Å². The van der Waals surface area contributed by atoms with Crippen LogP contribution in [0.3, 0.4) is 0 Å². The fraction of sp³-hybridized carbons (Fsp3) is 0.188. The second-order valence-corrected chi connectivity index (χ2v) is 4.93. The first-order valence-electron chi connectivity index (χ1n) is 6.38. The molecule has 0 aliphatic heterocycles. The van der Waals surface area contributed by atoms with Crippen molar-refractivity contribution in [1.29, 1.82) is 5.26 Å². The normalized spacial score (nSPS) is 10.2. The maximum atomic E-state index is 13.3. The lowest BCUT2D eigenvalue weighted by Gasteiger charge is -2.12. The van der Waals surface area contributed by atoms with Crippen LogP contribution in [0.25, 0.3) is 0 Å². The van der Waals surface area contributed by atoms with Crippen LogP contribution in [0.2, 0.25) is 5.02 Å². The Morgan fingerprint density at radius 3 is 2.81 bits per heavy atom. The van der Waals surface area contributed by atoms with Crippen LogP contribution in [0.1, 0.15) is 16.7 Å². The summed E-state index contributed by atoms with van der Waals surface area (Å²) < 4.78 is 19.0. The van der Waals surface area contributed by atoms with Gasteiger partial charge in [0.05, 0.1) is 5.56 Å². The lowest BCUT2D eigenvalue weighted by molar-refractivity contribution is 0.302. The summed E-state index contributed by atoms with van der Waals surface area (Å²) in [5.74, 6) is 0.181. The maximum Gasteiger partial charge on any atom is 0.140 e. The summed E-state index contributed by atoms with van der Waals surface area (Å²) in [6, 6.07) is 11.6. The summed E-state index contributed by atoms with van der Waals surface area (Å²) in [6.07, 6.45) is 0. The third kappa shape index (κ3) is 3.94. The van der Waals surface area contributed by atoms with E-state index in [1.54, 1.807) is 18.2 Å². The van der Waals surface area contributed by atoms with Gasteiger partial charge in [0.2, 0.25) is 0 Å². The Bertz CT molecular complexity index is 682. The SMILES string of the molecule is CNCc1cc(Cl)ccc1OCc1ccc(F)c(C#N)c1. The number of nitrogens with zero attached hydrogens (tertiary/aromatic N) is 1. The number of halogens is 2. The number of nitrogens with one attached hydrogen (secondary N) is 1. The first-order chi connectivity index (χ1) is 10.1. The van der Waals surface area contributed by atoms with Gasteiger partial charge in [-0.2, -0.15) is 5.26 Å². The molecule has 0 aromatic heterocycles. The van der Waals surface area contributed by atoms with Crippen LogP contribution in [0.4, 0.5) is 4.39 Å². The first-order valence-corrected chi connectivity index (χ1v) is 6.76. The summed E-state index contributed by atoms with van der Waals surface area (Å²) in [6.45, 7) is 0.885. The third-order valence-corrected chi connectivity index (χ3v) is 3.17. The number of nitriles is 1. The van der Waals surface area contributed by atoms with Crippen molar-refractivity contribution in [2.45, 2.75) is 13.2 Å². The van der Waals surface area contributed by atoms with Gasteiger partial charge in [0.15, 0.2) is 0 Å². The van der Waals surface area contributed by atoms with E-state index in [9.17, 15) is 4.39 Å². The molecule has 0 unspecified atom stereocenters. The first kappa shape index (κ1) is 15.3. The standard InChI is InChI=1S/C16H14ClFN2O/c1-20-9-13-7-14(17)3-5-16(13)21-10-11-2-4-15(18)12(6-11)8-19/h2-7,20H,9-10H2,1H3. The Balaban J connectivity index is 2.15. The highest BCUT2D eigenvalue weighted by Crippen LogP contribution is 2.24. The van der Waals surface area contributed by atoms with Gasteiger partial charge in [-0.15, -0.1) is 0 Å². The minimum Gasteiger partial charge on any atom is -0.489 e. The average molecular weight is 305 g/mol. The van der Waals surface area contributed by atoms with Crippen LogP contribution in [0.5, 0.6) is 5.75 Å². The second kappa shape index (κ2) is 7.07. The number of hydrogen-bond acceptors (Lipinski definition) is 3. The van der Waals surface area contributed by atoms with Crippen molar-refractivity contribution >= 4 is 11.6 Å². The van der Waals surface area contributed by atoms with E-state index < -0.39 is 5.82 Å². The van der Waals surface area contributed by atoms with Crippen molar-refractivity contribution in [2.24, 2.45) is 0 Å². The summed E-state index contributed by atoms with van der Waals surface area (Å²) in [7, 11) is 1.84. The molecule has 0 spiro atoms. The lowest BCUT2D eigenvalue weighted by atomic mass is 10.1. The minimum absolute atomic E-state index is 0.0163. The van der Waals surface area contributed by atoms with Crippen molar-refractivity contribution in [2.75, 3.05) is 7.05 Å². The molecular weight excluding hydrogens is 291 g/mol. The fourth-order valence-corrected chi connectivity index (χ4v) is 2.12. The van der Waals surface area contributed by atoms with Gasteiger partial charge >= 0.3 is 0 Å². The van der Waals surface area contributed by atoms with E-state index in [1.165, 1.54) is 12.1 Å². The van der Waals surface area contributed by atoms with Gasteiger partial charge in [-0.25, -0.2) is 4.39 Å². The van der Waals surface area contributed by atoms with E-state index in [2.05, 4.69) is 5.32 Å². The summed E-state index contributed by atoms with van der Waals surface area (Å²) in [5.41, 5.74) is 1.69. The zero-order valence-corrected chi connectivity index (χ0v) is 12.2.